The van der Waals surface area contributed by atoms with E-state index in [0.717, 1.165) is 10.5 Å². The van der Waals surface area contributed by atoms with Crippen LogP contribution in [0.15, 0.2) is 82.6 Å². The summed E-state index contributed by atoms with van der Waals surface area (Å²) in [5.74, 6) is -0.362. The molecule has 1 amide bonds. The minimum atomic E-state index is -3.80. The van der Waals surface area contributed by atoms with Crippen LogP contribution in [0.1, 0.15) is 15.9 Å². The molecule has 3 aromatic rings. The van der Waals surface area contributed by atoms with E-state index in [1.165, 1.54) is 23.5 Å². The number of carbonyl (C=O) groups is 1. The van der Waals surface area contributed by atoms with Crippen molar-refractivity contribution in [1.29, 1.82) is 0 Å². The average molecular weight is 427 g/mol. The molecule has 5 nitrogen and oxygen atoms in total. The van der Waals surface area contributed by atoms with Crippen molar-refractivity contribution >= 4 is 39.1 Å². The SMILES string of the molecule is CSc1cccc(NC(=O)c2cccc(S(=O)(=O)N(C)c3ccccc3C)c2)c1. The minimum absolute atomic E-state index is 0.0637. The summed E-state index contributed by atoms with van der Waals surface area (Å²) < 4.78 is 27.4. The molecule has 29 heavy (non-hydrogen) atoms. The molecule has 0 saturated carbocycles. The lowest BCUT2D eigenvalue weighted by Gasteiger charge is -2.21. The first-order valence-corrected chi connectivity index (χ1v) is 11.6. The molecule has 0 heterocycles. The van der Waals surface area contributed by atoms with Gasteiger partial charge in [-0.3, -0.25) is 9.10 Å². The lowest BCUT2D eigenvalue weighted by Crippen LogP contribution is -2.27. The average Bonchev–Trinajstić information content (AvgIpc) is 2.73. The van der Waals surface area contributed by atoms with Gasteiger partial charge in [-0.1, -0.05) is 30.3 Å². The van der Waals surface area contributed by atoms with Crippen LogP contribution < -0.4 is 9.62 Å². The van der Waals surface area contributed by atoms with E-state index >= 15 is 0 Å². The summed E-state index contributed by atoms with van der Waals surface area (Å²) in [4.78, 5) is 13.8. The van der Waals surface area contributed by atoms with Gasteiger partial charge in [-0.15, -0.1) is 11.8 Å². The summed E-state index contributed by atoms with van der Waals surface area (Å²) in [5, 5.41) is 2.82. The Balaban J connectivity index is 1.88. The number of para-hydroxylation sites is 1. The maximum absolute atomic E-state index is 13.1. The maximum Gasteiger partial charge on any atom is 0.264 e. The van der Waals surface area contributed by atoms with Gasteiger partial charge in [-0.2, -0.15) is 0 Å². The number of nitrogens with one attached hydrogen (secondary N) is 1. The van der Waals surface area contributed by atoms with Gasteiger partial charge in [0.15, 0.2) is 0 Å². The van der Waals surface area contributed by atoms with E-state index in [-0.39, 0.29) is 16.4 Å². The first kappa shape index (κ1) is 21.0. The molecule has 0 atom stereocenters. The van der Waals surface area contributed by atoms with Crippen molar-refractivity contribution in [2.24, 2.45) is 0 Å². The van der Waals surface area contributed by atoms with Crippen molar-refractivity contribution in [2.75, 3.05) is 22.9 Å². The number of sulfonamides is 1. The van der Waals surface area contributed by atoms with Crippen LogP contribution in [0.5, 0.6) is 0 Å². The first-order valence-electron chi connectivity index (χ1n) is 8.93. The largest absolute Gasteiger partial charge is 0.322 e. The molecule has 0 aliphatic heterocycles. The van der Waals surface area contributed by atoms with Gasteiger partial charge in [0.2, 0.25) is 0 Å². The normalized spacial score (nSPS) is 11.1. The Morgan fingerprint density at radius 3 is 2.41 bits per heavy atom. The Labute approximate surface area is 175 Å². The number of benzene rings is 3. The zero-order valence-electron chi connectivity index (χ0n) is 16.4. The Bertz CT molecular complexity index is 1140. The standard InChI is InChI=1S/C22H22N2O3S2/c1-16-8-4-5-13-21(16)24(2)29(26,27)20-12-6-9-17(14-20)22(25)23-18-10-7-11-19(15-18)28-3/h4-15H,1-3H3,(H,23,25). The summed E-state index contributed by atoms with van der Waals surface area (Å²) in [6, 6.07) is 20.8. The van der Waals surface area contributed by atoms with Gasteiger partial charge in [0, 0.05) is 23.2 Å². The van der Waals surface area contributed by atoms with Crippen molar-refractivity contribution in [1.82, 2.24) is 0 Å². The summed E-state index contributed by atoms with van der Waals surface area (Å²) in [6.45, 7) is 1.86. The van der Waals surface area contributed by atoms with Gasteiger partial charge < -0.3 is 5.32 Å². The Kier molecular flexibility index (Phi) is 6.30. The van der Waals surface area contributed by atoms with Gasteiger partial charge in [-0.05, 0) is 61.2 Å². The van der Waals surface area contributed by atoms with Crippen molar-refractivity contribution in [2.45, 2.75) is 16.7 Å². The van der Waals surface area contributed by atoms with E-state index in [1.807, 2.05) is 43.5 Å². The second kappa shape index (κ2) is 8.71. The summed E-state index contributed by atoms with van der Waals surface area (Å²) in [6.07, 6.45) is 1.96. The highest BCUT2D eigenvalue weighted by atomic mass is 32.2. The molecule has 0 spiro atoms. The zero-order valence-corrected chi connectivity index (χ0v) is 18.0. The second-order valence-electron chi connectivity index (χ2n) is 6.47. The highest BCUT2D eigenvalue weighted by Crippen LogP contribution is 2.26. The zero-order chi connectivity index (χ0) is 21.0. The van der Waals surface area contributed by atoms with E-state index in [2.05, 4.69) is 5.32 Å². The molecule has 0 unspecified atom stereocenters. The molecule has 3 rings (SSSR count). The van der Waals surface area contributed by atoms with Gasteiger partial charge in [-0.25, -0.2) is 8.42 Å². The van der Waals surface area contributed by atoms with Crippen LogP contribution in [0, 0.1) is 6.92 Å². The fraction of sp³-hybridized carbons (Fsp3) is 0.136. The maximum atomic E-state index is 13.1. The fourth-order valence-corrected chi connectivity index (χ4v) is 4.67. The lowest BCUT2D eigenvalue weighted by molar-refractivity contribution is 0.102. The van der Waals surface area contributed by atoms with E-state index in [1.54, 1.807) is 42.1 Å². The van der Waals surface area contributed by atoms with Crippen LogP contribution in [-0.2, 0) is 10.0 Å². The monoisotopic (exact) mass is 426 g/mol. The molecular formula is C22H22N2O3S2. The van der Waals surface area contributed by atoms with Crippen molar-refractivity contribution < 1.29 is 13.2 Å². The Morgan fingerprint density at radius 2 is 1.69 bits per heavy atom. The smallest absolute Gasteiger partial charge is 0.264 e. The summed E-state index contributed by atoms with van der Waals surface area (Å²) >= 11 is 1.58. The molecule has 1 N–H and O–H groups in total. The minimum Gasteiger partial charge on any atom is -0.322 e. The third-order valence-corrected chi connectivity index (χ3v) is 7.03. The van der Waals surface area contributed by atoms with Crippen molar-refractivity contribution in [3.8, 4) is 0 Å². The van der Waals surface area contributed by atoms with Crippen LogP contribution in [0.2, 0.25) is 0 Å². The topological polar surface area (TPSA) is 66.5 Å². The van der Waals surface area contributed by atoms with Crippen LogP contribution in [0.25, 0.3) is 0 Å². The number of hydrogen-bond acceptors (Lipinski definition) is 4. The molecule has 0 bridgehead atoms. The summed E-state index contributed by atoms with van der Waals surface area (Å²) in [5.41, 5.74) is 2.38. The molecule has 0 saturated heterocycles. The molecule has 0 aliphatic carbocycles. The number of hydrogen-bond donors (Lipinski definition) is 1. The third kappa shape index (κ3) is 4.63. The van der Waals surface area contributed by atoms with E-state index < -0.39 is 10.0 Å². The van der Waals surface area contributed by atoms with Crippen molar-refractivity contribution in [3.63, 3.8) is 0 Å². The number of carbonyl (C=O) groups excluding carboxylic acids is 1. The molecule has 0 aromatic heterocycles. The summed E-state index contributed by atoms with van der Waals surface area (Å²) in [7, 11) is -2.29. The first-order chi connectivity index (χ1) is 13.8. The molecule has 150 valence electrons. The van der Waals surface area contributed by atoms with Crippen molar-refractivity contribution in [3.05, 3.63) is 83.9 Å². The lowest BCUT2D eigenvalue weighted by atomic mass is 10.2. The number of amides is 1. The number of nitrogens with zero attached hydrogens (tertiary/aromatic N) is 1. The number of rotatable bonds is 6. The molecule has 0 aliphatic rings. The fourth-order valence-electron chi connectivity index (χ4n) is 2.91. The van der Waals surface area contributed by atoms with E-state index in [9.17, 15) is 13.2 Å². The molecular weight excluding hydrogens is 404 g/mol. The Morgan fingerprint density at radius 1 is 0.966 bits per heavy atom. The molecule has 7 heteroatoms. The van der Waals surface area contributed by atoms with Gasteiger partial charge >= 0.3 is 0 Å². The van der Waals surface area contributed by atoms with Gasteiger partial charge in [0.05, 0.1) is 10.6 Å². The molecule has 0 fully saturated rings. The third-order valence-electron chi connectivity index (χ3n) is 4.54. The number of aryl methyl sites for hydroxylation is 1. The number of anilines is 2. The van der Waals surface area contributed by atoms with Gasteiger partial charge in [0.25, 0.3) is 15.9 Å². The van der Waals surface area contributed by atoms with E-state index in [0.29, 0.717) is 11.4 Å². The molecule has 3 aromatic carbocycles. The quantitative estimate of drug-likeness (QED) is 0.575. The predicted molar refractivity (Wildman–Crippen MR) is 119 cm³/mol. The van der Waals surface area contributed by atoms with E-state index in [4.69, 9.17) is 0 Å². The van der Waals surface area contributed by atoms with Gasteiger partial charge in [0.1, 0.15) is 0 Å². The van der Waals surface area contributed by atoms with Crippen LogP contribution in [0.4, 0.5) is 11.4 Å². The highest BCUT2D eigenvalue weighted by molar-refractivity contribution is 7.98. The second-order valence-corrected chi connectivity index (χ2v) is 9.32. The van der Waals surface area contributed by atoms with Crippen LogP contribution >= 0.6 is 11.8 Å². The number of thioether (sulfide) groups is 1. The van der Waals surface area contributed by atoms with Crippen LogP contribution in [0.3, 0.4) is 0 Å². The molecule has 0 radical (unpaired) electrons. The highest BCUT2D eigenvalue weighted by Gasteiger charge is 2.23. The Hall–Kier alpha value is -2.77. The predicted octanol–water partition coefficient (Wildman–Crippen LogP) is 4.79. The van der Waals surface area contributed by atoms with Crippen LogP contribution in [-0.4, -0.2) is 27.6 Å².